The number of nitrogens with two attached hydrogens (primary N) is 1. The van der Waals surface area contributed by atoms with Gasteiger partial charge in [0.05, 0.1) is 11.3 Å². The van der Waals surface area contributed by atoms with Crippen molar-refractivity contribution in [1.82, 2.24) is 5.32 Å². The Hall–Kier alpha value is -1.92. The molecule has 2 amide bonds. The van der Waals surface area contributed by atoms with Crippen LogP contribution in [-0.4, -0.2) is 37.6 Å². The van der Waals surface area contributed by atoms with Crippen LogP contribution in [0.1, 0.15) is 23.2 Å². The van der Waals surface area contributed by atoms with Crippen molar-refractivity contribution in [3.63, 3.8) is 0 Å². The summed E-state index contributed by atoms with van der Waals surface area (Å²) in [6.07, 6.45) is 1.18. The minimum absolute atomic E-state index is 0.207. The second kappa shape index (κ2) is 7.02. The minimum Gasteiger partial charge on any atom is -0.368 e. The number of para-hydroxylation sites is 1. The molecule has 1 aliphatic heterocycles. The highest BCUT2D eigenvalue weighted by Gasteiger charge is 2.24. The van der Waals surface area contributed by atoms with Gasteiger partial charge in [-0.05, 0) is 25.0 Å². The van der Waals surface area contributed by atoms with Crippen molar-refractivity contribution in [3.8, 4) is 0 Å². The molecular weight excluding hydrogens is 258 g/mol. The standard InChI is InChI=1S/C14H19N3O3/c15-7-8-16-13(18)10-4-1-2-5-11(10)17-14(19)12-6-3-9-20-12/h1-2,4-5,12H,3,6-9,15H2,(H,16,18)(H,17,19)/t12-/m1/s1. The van der Waals surface area contributed by atoms with E-state index in [-0.39, 0.29) is 11.8 Å². The second-order valence-corrected chi connectivity index (χ2v) is 4.58. The number of benzene rings is 1. The van der Waals surface area contributed by atoms with E-state index in [9.17, 15) is 9.59 Å². The zero-order valence-electron chi connectivity index (χ0n) is 11.2. The van der Waals surface area contributed by atoms with Gasteiger partial charge in [-0.2, -0.15) is 0 Å². The first-order chi connectivity index (χ1) is 9.72. The number of hydrogen-bond acceptors (Lipinski definition) is 4. The van der Waals surface area contributed by atoms with Gasteiger partial charge in [0.25, 0.3) is 11.8 Å². The number of nitrogens with one attached hydrogen (secondary N) is 2. The average Bonchev–Trinajstić information content (AvgIpc) is 2.99. The number of ether oxygens (including phenoxy) is 1. The van der Waals surface area contributed by atoms with E-state index in [1.807, 2.05) is 0 Å². The van der Waals surface area contributed by atoms with E-state index in [4.69, 9.17) is 10.5 Å². The largest absolute Gasteiger partial charge is 0.368 e. The third kappa shape index (κ3) is 3.55. The van der Waals surface area contributed by atoms with Gasteiger partial charge in [0.1, 0.15) is 6.10 Å². The molecule has 0 aromatic heterocycles. The molecule has 1 aliphatic rings. The second-order valence-electron chi connectivity index (χ2n) is 4.58. The lowest BCUT2D eigenvalue weighted by molar-refractivity contribution is -0.124. The van der Waals surface area contributed by atoms with Gasteiger partial charge in [0.2, 0.25) is 0 Å². The van der Waals surface area contributed by atoms with Crippen molar-refractivity contribution in [1.29, 1.82) is 0 Å². The monoisotopic (exact) mass is 277 g/mol. The molecule has 1 fully saturated rings. The molecule has 1 aromatic carbocycles. The summed E-state index contributed by atoms with van der Waals surface area (Å²) in [6.45, 7) is 1.37. The lowest BCUT2D eigenvalue weighted by atomic mass is 10.1. The van der Waals surface area contributed by atoms with Crippen LogP contribution < -0.4 is 16.4 Å². The van der Waals surface area contributed by atoms with Crippen LogP contribution in [0.5, 0.6) is 0 Å². The van der Waals surface area contributed by atoms with Crippen LogP contribution in [0, 0.1) is 0 Å². The number of carbonyl (C=O) groups excluding carboxylic acids is 2. The number of rotatable bonds is 5. The van der Waals surface area contributed by atoms with Crippen LogP contribution in [-0.2, 0) is 9.53 Å². The smallest absolute Gasteiger partial charge is 0.253 e. The quantitative estimate of drug-likeness (QED) is 0.730. The van der Waals surface area contributed by atoms with Crippen molar-refractivity contribution in [3.05, 3.63) is 29.8 Å². The Morgan fingerprint density at radius 1 is 1.35 bits per heavy atom. The highest BCUT2D eigenvalue weighted by atomic mass is 16.5. The SMILES string of the molecule is NCCNC(=O)c1ccccc1NC(=O)[C@H]1CCCO1. The molecule has 0 radical (unpaired) electrons. The molecule has 0 unspecified atom stereocenters. The molecule has 0 saturated carbocycles. The molecule has 2 rings (SSSR count). The fraction of sp³-hybridized carbons (Fsp3) is 0.429. The Bertz CT molecular complexity index is 484. The fourth-order valence-electron chi connectivity index (χ4n) is 2.07. The topological polar surface area (TPSA) is 93.5 Å². The van der Waals surface area contributed by atoms with Crippen LogP contribution in [0.3, 0.4) is 0 Å². The lowest BCUT2D eigenvalue weighted by Gasteiger charge is -2.13. The van der Waals surface area contributed by atoms with E-state index >= 15 is 0 Å². The highest BCUT2D eigenvalue weighted by Crippen LogP contribution is 2.18. The molecule has 0 aliphatic carbocycles. The van der Waals surface area contributed by atoms with E-state index in [2.05, 4.69) is 10.6 Å². The molecule has 1 atom stereocenters. The first-order valence-electron chi connectivity index (χ1n) is 6.72. The van der Waals surface area contributed by atoms with Crippen LogP contribution in [0.15, 0.2) is 24.3 Å². The van der Waals surface area contributed by atoms with Crippen molar-refractivity contribution in [2.24, 2.45) is 5.73 Å². The predicted molar refractivity (Wildman–Crippen MR) is 75.4 cm³/mol. The van der Waals surface area contributed by atoms with Crippen LogP contribution in [0.4, 0.5) is 5.69 Å². The number of anilines is 1. The Kier molecular flexibility index (Phi) is 5.09. The number of carbonyl (C=O) groups is 2. The zero-order chi connectivity index (χ0) is 14.4. The molecule has 108 valence electrons. The maximum Gasteiger partial charge on any atom is 0.253 e. The lowest BCUT2D eigenvalue weighted by Crippen LogP contribution is -2.31. The number of hydrogen-bond donors (Lipinski definition) is 3. The van der Waals surface area contributed by atoms with Crippen LogP contribution >= 0.6 is 0 Å². The summed E-state index contributed by atoms with van der Waals surface area (Å²) in [7, 11) is 0. The van der Waals surface area contributed by atoms with Gasteiger partial charge in [-0.3, -0.25) is 9.59 Å². The summed E-state index contributed by atoms with van der Waals surface area (Å²) >= 11 is 0. The third-order valence-corrected chi connectivity index (χ3v) is 3.08. The van der Waals surface area contributed by atoms with Crippen LogP contribution in [0.25, 0.3) is 0 Å². The Morgan fingerprint density at radius 3 is 2.85 bits per heavy atom. The normalized spacial score (nSPS) is 17.8. The highest BCUT2D eigenvalue weighted by molar-refractivity contribution is 6.04. The van der Waals surface area contributed by atoms with Gasteiger partial charge in [-0.15, -0.1) is 0 Å². The maximum absolute atomic E-state index is 12.0. The molecule has 0 spiro atoms. The molecule has 20 heavy (non-hydrogen) atoms. The van der Waals surface area contributed by atoms with Crippen LogP contribution in [0.2, 0.25) is 0 Å². The van der Waals surface area contributed by atoms with Crippen molar-refractivity contribution in [2.75, 3.05) is 25.0 Å². The summed E-state index contributed by atoms with van der Waals surface area (Å²) in [5.74, 6) is -0.458. The summed E-state index contributed by atoms with van der Waals surface area (Å²) in [6, 6.07) is 6.88. The van der Waals surface area contributed by atoms with E-state index < -0.39 is 6.10 Å². The summed E-state index contributed by atoms with van der Waals surface area (Å²) in [5, 5.41) is 5.44. The average molecular weight is 277 g/mol. The number of amides is 2. The molecule has 6 nitrogen and oxygen atoms in total. The van der Waals surface area contributed by atoms with E-state index in [0.717, 1.165) is 6.42 Å². The molecule has 1 aromatic rings. The maximum atomic E-state index is 12.0. The molecule has 0 bridgehead atoms. The first kappa shape index (κ1) is 14.5. The van der Waals surface area contributed by atoms with E-state index in [0.29, 0.717) is 37.4 Å². The molecular formula is C14H19N3O3. The molecule has 1 heterocycles. The van der Waals surface area contributed by atoms with Gasteiger partial charge in [-0.1, -0.05) is 12.1 Å². The Balaban J connectivity index is 2.07. The van der Waals surface area contributed by atoms with Gasteiger partial charge in [0, 0.05) is 19.7 Å². The molecule has 4 N–H and O–H groups in total. The van der Waals surface area contributed by atoms with Crippen molar-refractivity contribution in [2.45, 2.75) is 18.9 Å². The Morgan fingerprint density at radius 2 is 2.15 bits per heavy atom. The summed E-state index contributed by atoms with van der Waals surface area (Å²) in [5.41, 5.74) is 6.27. The summed E-state index contributed by atoms with van der Waals surface area (Å²) < 4.78 is 5.32. The fourth-order valence-corrected chi connectivity index (χ4v) is 2.07. The Labute approximate surface area is 117 Å². The van der Waals surface area contributed by atoms with Gasteiger partial charge < -0.3 is 21.1 Å². The third-order valence-electron chi connectivity index (χ3n) is 3.08. The van der Waals surface area contributed by atoms with Gasteiger partial charge in [0.15, 0.2) is 0 Å². The van der Waals surface area contributed by atoms with E-state index in [1.54, 1.807) is 24.3 Å². The van der Waals surface area contributed by atoms with Gasteiger partial charge >= 0.3 is 0 Å². The predicted octanol–water partition coefficient (Wildman–Crippen LogP) is 0.493. The van der Waals surface area contributed by atoms with Crippen molar-refractivity contribution >= 4 is 17.5 Å². The zero-order valence-corrected chi connectivity index (χ0v) is 11.2. The molecule has 1 saturated heterocycles. The van der Waals surface area contributed by atoms with Gasteiger partial charge in [-0.25, -0.2) is 0 Å². The van der Waals surface area contributed by atoms with E-state index in [1.165, 1.54) is 0 Å². The van der Waals surface area contributed by atoms with Crippen molar-refractivity contribution < 1.29 is 14.3 Å². The molecule has 6 heteroatoms. The first-order valence-corrected chi connectivity index (χ1v) is 6.72. The minimum atomic E-state index is -0.421. The summed E-state index contributed by atoms with van der Waals surface area (Å²) in [4.78, 5) is 24.0.